The van der Waals surface area contributed by atoms with Gasteiger partial charge in [-0.3, -0.25) is 9.63 Å². The number of nitrogens with zero attached hydrogens (tertiary/aromatic N) is 2. The lowest BCUT2D eigenvalue weighted by atomic mass is 9.93. The third kappa shape index (κ3) is 1.94. The van der Waals surface area contributed by atoms with Crippen LogP contribution >= 0.6 is 0 Å². The van der Waals surface area contributed by atoms with E-state index < -0.39 is 17.9 Å². The van der Waals surface area contributed by atoms with E-state index in [9.17, 15) is 4.79 Å². The van der Waals surface area contributed by atoms with Gasteiger partial charge >= 0.3 is 0 Å². The molecule has 0 aliphatic carbocycles. The van der Waals surface area contributed by atoms with Crippen LogP contribution < -0.4 is 0 Å². The minimum atomic E-state index is -1.41. The first-order valence-corrected chi connectivity index (χ1v) is 3.36. The van der Waals surface area contributed by atoms with E-state index in [0.29, 0.717) is 0 Å². The fourth-order valence-corrected chi connectivity index (χ4v) is 0.581. The molecular weight excluding hydrogens is 160 g/mol. The van der Waals surface area contributed by atoms with Gasteiger partial charge in [-0.25, -0.2) is 5.06 Å². The van der Waals surface area contributed by atoms with Crippen molar-refractivity contribution < 1.29 is 14.7 Å². The molecule has 1 atom stereocenters. The average molecular weight is 172 g/mol. The minimum Gasteiger partial charge on any atom is -0.394 e. The summed E-state index contributed by atoms with van der Waals surface area (Å²) in [4.78, 5) is 15.9. The Bertz CT molecular complexity index is 211. The number of hydrogen-bond donors (Lipinski definition) is 1. The molecule has 0 spiro atoms. The summed E-state index contributed by atoms with van der Waals surface area (Å²) in [6, 6.07) is 1.72. The van der Waals surface area contributed by atoms with Gasteiger partial charge in [-0.1, -0.05) is 0 Å². The lowest BCUT2D eigenvalue weighted by Crippen LogP contribution is -2.41. The van der Waals surface area contributed by atoms with E-state index in [0.717, 1.165) is 5.06 Å². The molecule has 0 aromatic carbocycles. The molecule has 0 rings (SSSR count). The molecule has 5 heteroatoms. The van der Waals surface area contributed by atoms with Gasteiger partial charge in [0.25, 0.3) is 5.91 Å². The maximum absolute atomic E-state index is 11.3. The number of rotatable bonds is 3. The zero-order chi connectivity index (χ0) is 9.78. The molecule has 0 aliphatic heterocycles. The highest BCUT2D eigenvalue weighted by atomic mass is 16.7. The van der Waals surface area contributed by atoms with Crippen LogP contribution in [-0.2, 0) is 9.63 Å². The number of aliphatic hydroxyl groups excluding tert-OH is 1. The van der Waals surface area contributed by atoms with Gasteiger partial charge in [0.15, 0.2) is 5.41 Å². The van der Waals surface area contributed by atoms with E-state index in [1.807, 2.05) is 0 Å². The highest BCUT2D eigenvalue weighted by molar-refractivity contribution is 5.84. The summed E-state index contributed by atoms with van der Waals surface area (Å²) in [5.41, 5.74) is -1.41. The van der Waals surface area contributed by atoms with Crippen molar-refractivity contribution in [3.63, 3.8) is 0 Å². The zero-order valence-corrected chi connectivity index (χ0v) is 7.37. The van der Waals surface area contributed by atoms with Crippen LogP contribution in [0.25, 0.3) is 0 Å². The van der Waals surface area contributed by atoms with Crippen molar-refractivity contribution in [3.05, 3.63) is 0 Å². The van der Waals surface area contributed by atoms with Gasteiger partial charge < -0.3 is 5.11 Å². The van der Waals surface area contributed by atoms with Crippen molar-refractivity contribution >= 4 is 5.91 Å². The lowest BCUT2D eigenvalue weighted by Gasteiger charge is -2.22. The monoisotopic (exact) mass is 172 g/mol. The maximum Gasteiger partial charge on any atom is 0.268 e. The normalized spacial score (nSPS) is 14.6. The standard InChI is InChI=1S/C7H12N2O3/c1-7(4-8,5-10)6(11)9(2)12-3/h10H,5H2,1-3H3/t7-/m0/s1. The van der Waals surface area contributed by atoms with E-state index in [4.69, 9.17) is 10.4 Å². The van der Waals surface area contributed by atoms with Crippen molar-refractivity contribution in [2.75, 3.05) is 20.8 Å². The Kier molecular flexibility index (Phi) is 3.67. The minimum absolute atomic E-state index is 0.518. The zero-order valence-electron chi connectivity index (χ0n) is 7.37. The second-order valence-electron chi connectivity index (χ2n) is 2.59. The average Bonchev–Trinajstić information content (AvgIpc) is 2.14. The van der Waals surface area contributed by atoms with E-state index in [1.54, 1.807) is 6.07 Å². The maximum atomic E-state index is 11.3. The highest BCUT2D eigenvalue weighted by Crippen LogP contribution is 2.16. The van der Waals surface area contributed by atoms with Crippen LogP contribution in [0.2, 0.25) is 0 Å². The van der Waals surface area contributed by atoms with Gasteiger partial charge in [0, 0.05) is 7.05 Å². The SMILES string of the molecule is CON(C)C(=O)[C@@](C)(C#N)CO. The molecule has 0 saturated heterocycles. The number of amides is 1. The van der Waals surface area contributed by atoms with Gasteiger partial charge in [0.05, 0.1) is 19.8 Å². The van der Waals surface area contributed by atoms with Crippen molar-refractivity contribution in [1.82, 2.24) is 5.06 Å². The molecule has 1 amide bonds. The highest BCUT2D eigenvalue weighted by Gasteiger charge is 2.35. The molecule has 0 aliphatic rings. The molecule has 0 aromatic rings. The first-order valence-electron chi connectivity index (χ1n) is 3.36. The molecule has 0 heterocycles. The number of aliphatic hydroxyl groups is 1. The quantitative estimate of drug-likeness (QED) is 0.584. The van der Waals surface area contributed by atoms with Gasteiger partial charge in [-0.15, -0.1) is 0 Å². The second-order valence-corrected chi connectivity index (χ2v) is 2.59. The number of hydrogen-bond acceptors (Lipinski definition) is 4. The molecule has 0 radical (unpaired) electrons. The molecule has 0 bridgehead atoms. The van der Waals surface area contributed by atoms with Crippen molar-refractivity contribution in [2.45, 2.75) is 6.92 Å². The third-order valence-electron chi connectivity index (χ3n) is 1.59. The van der Waals surface area contributed by atoms with Crippen LogP contribution in [0.3, 0.4) is 0 Å². The van der Waals surface area contributed by atoms with Gasteiger partial charge in [0.2, 0.25) is 0 Å². The molecule has 68 valence electrons. The molecule has 0 unspecified atom stereocenters. The Morgan fingerprint density at radius 2 is 2.33 bits per heavy atom. The van der Waals surface area contributed by atoms with Gasteiger partial charge in [-0.05, 0) is 6.92 Å². The number of carbonyl (C=O) groups excluding carboxylic acids is 1. The van der Waals surface area contributed by atoms with Crippen LogP contribution in [0.4, 0.5) is 0 Å². The first kappa shape index (κ1) is 10.9. The fraction of sp³-hybridized carbons (Fsp3) is 0.714. The summed E-state index contributed by atoms with van der Waals surface area (Å²) in [5, 5.41) is 18.3. The molecule has 0 aromatic heterocycles. The fourth-order valence-electron chi connectivity index (χ4n) is 0.581. The molecule has 12 heavy (non-hydrogen) atoms. The van der Waals surface area contributed by atoms with Crippen LogP contribution in [0.5, 0.6) is 0 Å². The summed E-state index contributed by atoms with van der Waals surface area (Å²) >= 11 is 0. The molecule has 5 nitrogen and oxygen atoms in total. The van der Waals surface area contributed by atoms with E-state index in [-0.39, 0.29) is 0 Å². The number of carbonyl (C=O) groups is 1. The largest absolute Gasteiger partial charge is 0.394 e. The van der Waals surface area contributed by atoms with Crippen LogP contribution in [0.1, 0.15) is 6.92 Å². The second kappa shape index (κ2) is 4.04. The predicted octanol–water partition coefficient (Wildman–Crippen LogP) is -0.472. The molecule has 1 N–H and O–H groups in total. The summed E-state index contributed by atoms with van der Waals surface area (Å²) in [6.45, 7) is 0.834. The van der Waals surface area contributed by atoms with Gasteiger partial charge in [-0.2, -0.15) is 5.26 Å². The predicted molar refractivity (Wildman–Crippen MR) is 40.6 cm³/mol. The lowest BCUT2D eigenvalue weighted by molar-refractivity contribution is -0.178. The van der Waals surface area contributed by atoms with Crippen LogP contribution in [0.15, 0.2) is 0 Å². The van der Waals surface area contributed by atoms with E-state index in [1.165, 1.54) is 21.1 Å². The van der Waals surface area contributed by atoms with E-state index >= 15 is 0 Å². The summed E-state index contributed by atoms with van der Waals surface area (Å²) in [6.07, 6.45) is 0. The Morgan fingerprint density at radius 3 is 2.58 bits per heavy atom. The molecule has 0 saturated carbocycles. The summed E-state index contributed by atoms with van der Waals surface area (Å²) in [5.74, 6) is -0.560. The Hall–Kier alpha value is -1.12. The van der Waals surface area contributed by atoms with Crippen molar-refractivity contribution in [3.8, 4) is 6.07 Å². The summed E-state index contributed by atoms with van der Waals surface area (Å²) < 4.78 is 0. The summed E-state index contributed by atoms with van der Waals surface area (Å²) in [7, 11) is 2.70. The van der Waals surface area contributed by atoms with Crippen molar-refractivity contribution in [2.24, 2.45) is 5.41 Å². The topological polar surface area (TPSA) is 73.6 Å². The Morgan fingerprint density at radius 1 is 1.83 bits per heavy atom. The van der Waals surface area contributed by atoms with Crippen LogP contribution in [0, 0.1) is 16.7 Å². The van der Waals surface area contributed by atoms with Crippen LogP contribution in [-0.4, -0.2) is 36.8 Å². The Labute approximate surface area is 71.1 Å². The number of hydroxylamine groups is 2. The smallest absolute Gasteiger partial charge is 0.268 e. The Balaban J connectivity index is 4.56. The molecular formula is C7H12N2O3. The first-order chi connectivity index (χ1) is 5.51. The van der Waals surface area contributed by atoms with Crippen molar-refractivity contribution in [1.29, 1.82) is 5.26 Å². The number of nitriles is 1. The molecule has 0 fully saturated rings. The van der Waals surface area contributed by atoms with E-state index in [2.05, 4.69) is 4.84 Å². The van der Waals surface area contributed by atoms with Gasteiger partial charge in [0.1, 0.15) is 0 Å². The third-order valence-corrected chi connectivity index (χ3v) is 1.59.